The van der Waals surface area contributed by atoms with Crippen molar-refractivity contribution in [2.75, 3.05) is 44.3 Å². The van der Waals surface area contributed by atoms with E-state index in [0.29, 0.717) is 11.8 Å². The first-order valence-corrected chi connectivity index (χ1v) is 17.0. The lowest BCUT2D eigenvalue weighted by molar-refractivity contribution is 0.136. The molecule has 2 aromatic carbocycles. The number of ether oxygens (including phenoxy) is 1. The Morgan fingerprint density at radius 2 is 1.98 bits per heavy atom. The van der Waals surface area contributed by atoms with E-state index in [2.05, 4.69) is 100.0 Å². The fraction of sp³-hybridized carbons (Fsp3) is 0.590. The van der Waals surface area contributed by atoms with Gasteiger partial charge in [-0.05, 0) is 118 Å². The van der Waals surface area contributed by atoms with Crippen LogP contribution < -0.4 is 10.2 Å². The lowest BCUT2D eigenvalue weighted by Crippen LogP contribution is -2.44. The van der Waals surface area contributed by atoms with Gasteiger partial charge in [0.25, 0.3) is 0 Å². The number of allylic oxidation sites excluding steroid dienone is 2. The van der Waals surface area contributed by atoms with Gasteiger partial charge in [0.05, 0.1) is 6.61 Å². The van der Waals surface area contributed by atoms with Crippen molar-refractivity contribution in [2.24, 2.45) is 17.8 Å². The van der Waals surface area contributed by atoms with E-state index >= 15 is 0 Å². The van der Waals surface area contributed by atoms with E-state index in [4.69, 9.17) is 4.74 Å². The van der Waals surface area contributed by atoms with E-state index in [1.54, 1.807) is 11.1 Å². The molecule has 1 heterocycles. The molecule has 230 valence electrons. The van der Waals surface area contributed by atoms with Crippen molar-refractivity contribution >= 4 is 11.3 Å². The Bertz CT molecular complexity index is 1170. The molecule has 3 nitrogen and oxygen atoms in total. The van der Waals surface area contributed by atoms with Crippen LogP contribution in [0.4, 0.5) is 5.69 Å². The molecule has 0 amide bonds. The van der Waals surface area contributed by atoms with Crippen LogP contribution in [0.2, 0.25) is 0 Å². The Hall–Kier alpha value is -2.36. The van der Waals surface area contributed by atoms with E-state index in [0.717, 1.165) is 69.6 Å². The molecule has 4 unspecified atom stereocenters. The van der Waals surface area contributed by atoms with E-state index in [-0.39, 0.29) is 0 Å². The third-order valence-electron chi connectivity index (χ3n) is 9.74. The van der Waals surface area contributed by atoms with Gasteiger partial charge in [-0.25, -0.2) is 0 Å². The molecule has 4 rings (SSSR count). The standard InChI is InChI=1S/C39H58N2O/c1-7-13-33-24-30(5)15-19-38(33)36-25-34-17-16-32(29(3)4)26-39(34)41(28-36)27-35-18-20-37(35)31(6)14-12-23-42-22-11-9-10-21-40-8-2/h12,14-17,19,24,26,31,35-37,40H,3,7-11,13,18,20-23,25,27-28H2,1-2,4-6H3/b14-12+. The molecule has 1 fully saturated rings. The van der Waals surface area contributed by atoms with Crippen molar-refractivity contribution in [1.29, 1.82) is 0 Å². The van der Waals surface area contributed by atoms with E-state index < -0.39 is 0 Å². The number of benzene rings is 2. The maximum Gasteiger partial charge on any atom is 0.0647 e. The van der Waals surface area contributed by atoms with Crippen LogP contribution in [0.15, 0.2) is 55.1 Å². The van der Waals surface area contributed by atoms with Crippen LogP contribution in [0.3, 0.4) is 0 Å². The average Bonchev–Trinajstić information content (AvgIpc) is 2.96. The van der Waals surface area contributed by atoms with Gasteiger partial charge in [-0.15, -0.1) is 0 Å². The molecule has 1 aliphatic heterocycles. The van der Waals surface area contributed by atoms with Gasteiger partial charge >= 0.3 is 0 Å². The summed E-state index contributed by atoms with van der Waals surface area (Å²) < 4.78 is 5.91. The van der Waals surface area contributed by atoms with Crippen LogP contribution in [-0.2, 0) is 17.6 Å². The minimum absolute atomic E-state index is 0.547. The minimum atomic E-state index is 0.547. The molecule has 1 N–H and O–H groups in total. The predicted octanol–water partition coefficient (Wildman–Crippen LogP) is 9.14. The van der Waals surface area contributed by atoms with Gasteiger partial charge in [-0.2, -0.15) is 0 Å². The van der Waals surface area contributed by atoms with Gasteiger partial charge in [0.2, 0.25) is 0 Å². The highest BCUT2D eigenvalue weighted by molar-refractivity contribution is 5.69. The first-order valence-electron chi connectivity index (χ1n) is 17.0. The third kappa shape index (κ3) is 8.83. The summed E-state index contributed by atoms with van der Waals surface area (Å²) in [6.45, 7) is 21.6. The number of fused-ring (bicyclic) bond motifs is 1. The van der Waals surface area contributed by atoms with Crippen molar-refractivity contribution < 1.29 is 4.74 Å². The second kappa shape index (κ2) is 16.5. The molecule has 0 radical (unpaired) electrons. The number of hydrogen-bond donors (Lipinski definition) is 1. The molecule has 2 aromatic rings. The summed E-state index contributed by atoms with van der Waals surface area (Å²) in [5, 5.41) is 3.39. The Kier molecular flexibility index (Phi) is 12.8. The van der Waals surface area contributed by atoms with Gasteiger partial charge in [0.1, 0.15) is 0 Å². The van der Waals surface area contributed by atoms with Crippen LogP contribution in [0, 0.1) is 24.7 Å². The van der Waals surface area contributed by atoms with Crippen molar-refractivity contribution in [1.82, 2.24) is 5.32 Å². The van der Waals surface area contributed by atoms with Crippen LogP contribution >= 0.6 is 0 Å². The van der Waals surface area contributed by atoms with Crippen molar-refractivity contribution in [3.8, 4) is 0 Å². The zero-order valence-electron chi connectivity index (χ0n) is 27.4. The Labute approximate surface area is 257 Å². The largest absolute Gasteiger partial charge is 0.377 e. The Morgan fingerprint density at radius 1 is 1.12 bits per heavy atom. The summed E-state index contributed by atoms with van der Waals surface area (Å²) in [4.78, 5) is 2.75. The zero-order chi connectivity index (χ0) is 29.9. The molecule has 1 saturated carbocycles. The number of unbranched alkanes of at least 4 members (excludes halogenated alkanes) is 2. The number of anilines is 1. The van der Waals surface area contributed by atoms with Crippen LogP contribution in [0.25, 0.3) is 5.57 Å². The Balaban J connectivity index is 1.39. The van der Waals surface area contributed by atoms with Crippen molar-refractivity contribution in [3.63, 3.8) is 0 Å². The number of rotatable bonds is 17. The molecule has 2 aliphatic rings. The fourth-order valence-electron chi connectivity index (χ4n) is 7.16. The summed E-state index contributed by atoms with van der Waals surface area (Å²) in [7, 11) is 0. The molecule has 3 heteroatoms. The van der Waals surface area contributed by atoms with Crippen LogP contribution in [0.1, 0.15) is 100.0 Å². The summed E-state index contributed by atoms with van der Waals surface area (Å²) in [5.41, 5.74) is 9.89. The Morgan fingerprint density at radius 3 is 2.71 bits per heavy atom. The zero-order valence-corrected chi connectivity index (χ0v) is 27.4. The summed E-state index contributed by atoms with van der Waals surface area (Å²) in [6, 6.07) is 14.3. The smallest absolute Gasteiger partial charge is 0.0647 e. The van der Waals surface area contributed by atoms with Gasteiger partial charge in [0.15, 0.2) is 0 Å². The predicted molar refractivity (Wildman–Crippen MR) is 183 cm³/mol. The number of aryl methyl sites for hydroxylation is 2. The first-order chi connectivity index (χ1) is 20.4. The lowest BCUT2D eigenvalue weighted by Gasteiger charge is -2.46. The number of nitrogens with one attached hydrogen (secondary N) is 1. The maximum absolute atomic E-state index is 5.91. The summed E-state index contributed by atoms with van der Waals surface area (Å²) in [5.74, 6) is 2.65. The van der Waals surface area contributed by atoms with Gasteiger partial charge in [0, 0.05) is 31.3 Å². The van der Waals surface area contributed by atoms with Gasteiger partial charge in [-0.3, -0.25) is 0 Å². The fourth-order valence-corrected chi connectivity index (χ4v) is 7.16. The molecule has 0 bridgehead atoms. The highest BCUT2D eigenvalue weighted by Gasteiger charge is 2.37. The topological polar surface area (TPSA) is 24.5 Å². The normalized spacial score (nSPS) is 20.9. The average molecular weight is 571 g/mol. The monoisotopic (exact) mass is 570 g/mol. The lowest BCUT2D eigenvalue weighted by atomic mass is 9.67. The van der Waals surface area contributed by atoms with E-state index in [1.807, 2.05) is 0 Å². The van der Waals surface area contributed by atoms with Crippen molar-refractivity contribution in [2.45, 2.75) is 91.9 Å². The van der Waals surface area contributed by atoms with Gasteiger partial charge in [-0.1, -0.05) is 87.4 Å². The van der Waals surface area contributed by atoms with E-state index in [9.17, 15) is 0 Å². The summed E-state index contributed by atoms with van der Waals surface area (Å²) in [6.07, 6.45) is 14.5. The van der Waals surface area contributed by atoms with Crippen LogP contribution in [0.5, 0.6) is 0 Å². The molecular weight excluding hydrogens is 512 g/mol. The summed E-state index contributed by atoms with van der Waals surface area (Å²) >= 11 is 0. The van der Waals surface area contributed by atoms with Crippen LogP contribution in [-0.4, -0.2) is 39.4 Å². The number of nitrogens with zero attached hydrogens (tertiary/aromatic N) is 1. The molecule has 0 spiro atoms. The van der Waals surface area contributed by atoms with E-state index in [1.165, 1.54) is 60.9 Å². The highest BCUT2D eigenvalue weighted by Crippen LogP contribution is 2.44. The molecule has 1 aliphatic carbocycles. The first kappa shape index (κ1) is 32.6. The molecule has 0 saturated heterocycles. The molecular formula is C39H58N2O. The molecule has 0 aromatic heterocycles. The third-order valence-corrected chi connectivity index (χ3v) is 9.74. The quantitative estimate of drug-likeness (QED) is 0.152. The molecule has 42 heavy (non-hydrogen) atoms. The second-order valence-corrected chi connectivity index (χ2v) is 13.2. The molecule has 4 atom stereocenters. The number of hydrogen-bond acceptors (Lipinski definition) is 3. The van der Waals surface area contributed by atoms with Crippen molar-refractivity contribution in [3.05, 3.63) is 82.9 Å². The highest BCUT2D eigenvalue weighted by atomic mass is 16.5. The maximum atomic E-state index is 5.91. The minimum Gasteiger partial charge on any atom is -0.377 e. The SMILES string of the molecule is C=C(C)c1ccc2c(c1)N(CC1CCC1C(C)/C=C/COCCCCCNCC)CC(c1ccc(C)cc1CCC)C2. The second-order valence-electron chi connectivity index (χ2n) is 13.2. The van der Waals surface area contributed by atoms with Gasteiger partial charge < -0.3 is 15.0 Å².